The minimum atomic E-state index is -0.235. The Labute approximate surface area is 158 Å². The largest absolute Gasteiger partial charge is 0.497 e. The Hall–Kier alpha value is -2.77. The van der Waals surface area contributed by atoms with E-state index in [1.165, 1.54) is 22.7 Å². The summed E-state index contributed by atoms with van der Waals surface area (Å²) in [5, 5.41) is 3.87. The highest BCUT2D eigenvalue weighted by molar-refractivity contribution is 7.20. The lowest BCUT2D eigenvalue weighted by Crippen LogP contribution is -2.11. The van der Waals surface area contributed by atoms with Crippen LogP contribution in [0.5, 0.6) is 5.75 Å². The number of carbonyl (C=O) groups is 1. The summed E-state index contributed by atoms with van der Waals surface area (Å²) in [5.41, 5.74) is 2.68. The molecule has 0 saturated heterocycles. The van der Waals surface area contributed by atoms with Gasteiger partial charge in [0, 0.05) is 10.4 Å². The minimum Gasteiger partial charge on any atom is -0.497 e. The van der Waals surface area contributed by atoms with Crippen molar-refractivity contribution < 1.29 is 9.53 Å². The van der Waals surface area contributed by atoms with Crippen molar-refractivity contribution in [2.24, 2.45) is 0 Å². The van der Waals surface area contributed by atoms with Crippen molar-refractivity contribution >= 4 is 43.9 Å². The van der Waals surface area contributed by atoms with Crippen LogP contribution in [0.2, 0.25) is 0 Å². The molecule has 7 heteroatoms. The zero-order chi connectivity index (χ0) is 18.1. The molecule has 0 aliphatic carbocycles. The molecule has 26 heavy (non-hydrogen) atoms. The Bertz CT molecular complexity index is 1050. The van der Waals surface area contributed by atoms with Crippen molar-refractivity contribution in [3.05, 3.63) is 58.4 Å². The molecule has 2 aromatic carbocycles. The van der Waals surface area contributed by atoms with Crippen LogP contribution in [0.15, 0.2) is 48.5 Å². The number of nitrogens with zero attached hydrogens (tertiary/aromatic N) is 2. The summed E-state index contributed by atoms with van der Waals surface area (Å²) in [4.78, 5) is 22.5. The number of aryl methyl sites for hydroxylation is 1. The van der Waals surface area contributed by atoms with E-state index in [0.717, 1.165) is 32.1 Å². The van der Waals surface area contributed by atoms with Gasteiger partial charge in [-0.3, -0.25) is 10.1 Å². The maximum absolute atomic E-state index is 12.5. The molecule has 0 bridgehead atoms. The van der Waals surface area contributed by atoms with Gasteiger partial charge in [-0.1, -0.05) is 12.1 Å². The summed E-state index contributed by atoms with van der Waals surface area (Å²) in [6, 6.07) is 15.4. The van der Waals surface area contributed by atoms with Gasteiger partial charge in [-0.25, -0.2) is 9.97 Å². The van der Waals surface area contributed by atoms with Crippen LogP contribution in [0, 0.1) is 6.92 Å². The molecule has 0 atom stereocenters. The predicted molar refractivity (Wildman–Crippen MR) is 106 cm³/mol. The van der Waals surface area contributed by atoms with Crippen LogP contribution in [0.4, 0.5) is 5.13 Å². The average molecular weight is 381 g/mol. The first-order valence-corrected chi connectivity index (χ1v) is 9.56. The van der Waals surface area contributed by atoms with E-state index >= 15 is 0 Å². The van der Waals surface area contributed by atoms with Crippen molar-refractivity contribution in [3.63, 3.8) is 0 Å². The van der Waals surface area contributed by atoms with Gasteiger partial charge in [0.05, 0.1) is 23.0 Å². The summed E-state index contributed by atoms with van der Waals surface area (Å²) in [6.07, 6.45) is 0. The van der Waals surface area contributed by atoms with Gasteiger partial charge < -0.3 is 4.74 Å². The highest BCUT2D eigenvalue weighted by Crippen LogP contribution is 2.32. The molecule has 0 fully saturated rings. The molecule has 5 nitrogen and oxygen atoms in total. The number of ether oxygens (including phenoxy) is 1. The molecule has 1 N–H and O–H groups in total. The topological polar surface area (TPSA) is 64.1 Å². The van der Waals surface area contributed by atoms with Crippen LogP contribution in [0.25, 0.3) is 21.5 Å². The number of thiazole rings is 2. The van der Waals surface area contributed by atoms with Crippen molar-refractivity contribution in [3.8, 4) is 17.0 Å². The number of carbonyl (C=O) groups excluding carboxylic acids is 1. The Kier molecular flexibility index (Phi) is 4.40. The van der Waals surface area contributed by atoms with Gasteiger partial charge >= 0.3 is 0 Å². The lowest BCUT2D eigenvalue weighted by molar-refractivity contribution is 0.102. The number of para-hydroxylation sites is 1. The van der Waals surface area contributed by atoms with Gasteiger partial charge in [0.15, 0.2) is 10.1 Å². The van der Waals surface area contributed by atoms with Gasteiger partial charge in [0.25, 0.3) is 5.91 Å². The lowest BCUT2D eigenvalue weighted by atomic mass is 10.1. The molecule has 2 aromatic heterocycles. The van der Waals surface area contributed by atoms with E-state index in [9.17, 15) is 4.79 Å². The molecule has 2 heterocycles. The fourth-order valence-electron chi connectivity index (χ4n) is 2.59. The Morgan fingerprint density at radius 3 is 2.54 bits per heavy atom. The smallest absolute Gasteiger partial charge is 0.286 e. The standard InChI is InChI=1S/C19H15N3O2S2/c1-11-16(12-7-9-13(24-2)10-8-12)21-19(25-11)22-17(23)18-20-14-5-3-4-6-15(14)26-18/h3-10H,1-2H3,(H,21,22,23). The molecule has 4 rings (SSSR count). The quantitative estimate of drug-likeness (QED) is 0.541. The monoisotopic (exact) mass is 381 g/mol. The van der Waals surface area contributed by atoms with E-state index < -0.39 is 0 Å². The number of fused-ring (bicyclic) bond motifs is 1. The summed E-state index contributed by atoms with van der Waals surface area (Å²) in [5.74, 6) is 0.562. The first kappa shape index (κ1) is 16.7. The molecule has 4 aromatic rings. The number of aromatic nitrogens is 2. The summed E-state index contributed by atoms with van der Waals surface area (Å²) >= 11 is 2.83. The number of hydrogen-bond donors (Lipinski definition) is 1. The SMILES string of the molecule is COc1ccc(-c2nc(NC(=O)c3nc4ccccc4s3)sc2C)cc1. The first-order valence-electron chi connectivity index (χ1n) is 7.93. The van der Waals surface area contributed by atoms with Crippen LogP contribution in [0.3, 0.4) is 0 Å². The van der Waals surface area contributed by atoms with Crippen LogP contribution in [-0.4, -0.2) is 23.0 Å². The molecular weight excluding hydrogens is 366 g/mol. The molecule has 0 aliphatic heterocycles. The van der Waals surface area contributed by atoms with Gasteiger partial charge in [-0.15, -0.1) is 22.7 Å². The highest BCUT2D eigenvalue weighted by Gasteiger charge is 2.16. The third-order valence-corrected chi connectivity index (χ3v) is 5.79. The van der Waals surface area contributed by atoms with Gasteiger partial charge in [-0.05, 0) is 43.3 Å². The number of nitrogens with one attached hydrogen (secondary N) is 1. The number of hydrogen-bond acceptors (Lipinski definition) is 6. The Morgan fingerprint density at radius 1 is 1.04 bits per heavy atom. The van der Waals surface area contributed by atoms with E-state index in [1.54, 1.807) is 7.11 Å². The zero-order valence-electron chi connectivity index (χ0n) is 14.1. The third kappa shape index (κ3) is 3.18. The molecule has 130 valence electrons. The molecule has 0 spiro atoms. The first-order chi connectivity index (χ1) is 12.6. The number of benzene rings is 2. The van der Waals surface area contributed by atoms with Crippen LogP contribution in [-0.2, 0) is 0 Å². The molecule has 1 amide bonds. The minimum absolute atomic E-state index is 0.235. The zero-order valence-corrected chi connectivity index (χ0v) is 15.8. The van der Waals surface area contributed by atoms with Crippen LogP contribution >= 0.6 is 22.7 Å². The fraction of sp³-hybridized carbons (Fsp3) is 0.105. The second-order valence-corrected chi connectivity index (χ2v) is 7.83. The van der Waals surface area contributed by atoms with Crippen LogP contribution in [0.1, 0.15) is 14.7 Å². The number of methoxy groups -OCH3 is 1. The third-order valence-electron chi connectivity index (χ3n) is 3.87. The Balaban J connectivity index is 1.57. The van der Waals surface area contributed by atoms with Crippen molar-refractivity contribution in [2.45, 2.75) is 6.92 Å². The van der Waals surface area contributed by atoms with Gasteiger partial charge in [-0.2, -0.15) is 0 Å². The summed E-state index contributed by atoms with van der Waals surface area (Å²) in [7, 11) is 1.64. The van der Waals surface area contributed by atoms with Crippen molar-refractivity contribution in [2.75, 3.05) is 12.4 Å². The highest BCUT2D eigenvalue weighted by atomic mass is 32.1. The summed E-state index contributed by atoms with van der Waals surface area (Å²) in [6.45, 7) is 1.99. The Morgan fingerprint density at radius 2 is 1.81 bits per heavy atom. The lowest BCUT2D eigenvalue weighted by Gasteiger charge is -2.01. The maximum atomic E-state index is 12.5. The summed E-state index contributed by atoms with van der Waals surface area (Å²) < 4.78 is 6.18. The molecule has 0 aliphatic rings. The van der Waals surface area contributed by atoms with Crippen molar-refractivity contribution in [1.29, 1.82) is 0 Å². The van der Waals surface area contributed by atoms with E-state index in [4.69, 9.17) is 4.74 Å². The molecule has 0 radical (unpaired) electrons. The van der Waals surface area contributed by atoms with E-state index in [0.29, 0.717) is 10.1 Å². The van der Waals surface area contributed by atoms with Gasteiger partial charge in [0.1, 0.15) is 5.75 Å². The van der Waals surface area contributed by atoms with Crippen LogP contribution < -0.4 is 10.1 Å². The number of rotatable bonds is 4. The fourth-order valence-corrected chi connectivity index (χ4v) is 4.28. The second kappa shape index (κ2) is 6.86. The van der Waals surface area contributed by atoms with E-state index in [-0.39, 0.29) is 5.91 Å². The van der Waals surface area contributed by atoms with Gasteiger partial charge in [0.2, 0.25) is 0 Å². The predicted octanol–water partition coefficient (Wildman–Crippen LogP) is 4.99. The maximum Gasteiger partial charge on any atom is 0.286 e. The van der Waals surface area contributed by atoms with E-state index in [1.807, 2.05) is 55.5 Å². The number of anilines is 1. The number of amides is 1. The normalized spacial score (nSPS) is 10.8. The molecular formula is C19H15N3O2S2. The second-order valence-electron chi connectivity index (χ2n) is 5.59. The molecule has 0 saturated carbocycles. The van der Waals surface area contributed by atoms with Crippen molar-refractivity contribution in [1.82, 2.24) is 9.97 Å². The van der Waals surface area contributed by atoms with E-state index in [2.05, 4.69) is 15.3 Å². The average Bonchev–Trinajstić information content (AvgIpc) is 3.25. The molecule has 0 unspecified atom stereocenters.